The molecule has 1 aliphatic rings. The minimum absolute atomic E-state index is 0.151. The van der Waals surface area contributed by atoms with E-state index in [-0.39, 0.29) is 11.9 Å². The van der Waals surface area contributed by atoms with Crippen molar-refractivity contribution in [2.24, 2.45) is 0 Å². The zero-order valence-electron chi connectivity index (χ0n) is 18.2. The highest BCUT2D eigenvalue weighted by Crippen LogP contribution is 2.24. The van der Waals surface area contributed by atoms with E-state index in [2.05, 4.69) is 34.5 Å². The van der Waals surface area contributed by atoms with Gasteiger partial charge in [-0.15, -0.1) is 0 Å². The molecule has 3 rings (SSSR count). The maximum atomic E-state index is 12.9. The van der Waals surface area contributed by atoms with Crippen molar-refractivity contribution in [3.63, 3.8) is 0 Å². The molecular weight excluding hydrogens is 382 g/mol. The number of carbonyl (C=O) groups excluding carboxylic acids is 1. The minimum atomic E-state index is -0.155. The largest absolute Gasteiger partial charge is 0.497 e. The van der Waals surface area contributed by atoms with Crippen molar-refractivity contribution in [3.8, 4) is 11.5 Å². The second-order valence-electron chi connectivity index (χ2n) is 7.59. The summed E-state index contributed by atoms with van der Waals surface area (Å²) in [6.45, 7) is 3.85. The molecule has 7 nitrogen and oxygen atoms in total. The monoisotopic (exact) mass is 414 g/mol. The predicted octanol–water partition coefficient (Wildman–Crippen LogP) is 1.16. The Morgan fingerprint density at radius 3 is 2.40 bits per heavy atom. The number of quaternary nitrogens is 1. The van der Waals surface area contributed by atoms with Crippen molar-refractivity contribution in [3.05, 3.63) is 53.6 Å². The summed E-state index contributed by atoms with van der Waals surface area (Å²) >= 11 is 0. The van der Waals surface area contributed by atoms with Gasteiger partial charge < -0.3 is 29.3 Å². The lowest BCUT2D eigenvalue weighted by molar-refractivity contribution is -0.937. The third kappa shape index (κ3) is 5.23. The van der Waals surface area contributed by atoms with Gasteiger partial charge in [0.25, 0.3) is 5.91 Å². The van der Waals surface area contributed by atoms with E-state index < -0.39 is 0 Å². The van der Waals surface area contributed by atoms with Crippen LogP contribution in [0, 0.1) is 0 Å². The number of carbonyl (C=O) groups is 1. The normalized spacial score (nSPS) is 15.3. The molecule has 0 radical (unpaired) electrons. The highest BCUT2D eigenvalue weighted by Gasteiger charge is 2.27. The molecule has 0 aliphatic carbocycles. The van der Waals surface area contributed by atoms with E-state index in [1.165, 1.54) is 10.5 Å². The minimum Gasteiger partial charge on any atom is -0.497 e. The number of nitrogens with one attached hydrogen (secondary N) is 2. The number of benzene rings is 2. The molecule has 1 atom stereocenters. The number of hydrogen-bond acceptors (Lipinski definition) is 5. The van der Waals surface area contributed by atoms with Crippen LogP contribution in [-0.4, -0.2) is 67.1 Å². The van der Waals surface area contributed by atoms with Crippen LogP contribution >= 0.6 is 0 Å². The lowest BCUT2D eigenvalue weighted by Crippen LogP contribution is -3.15. The van der Waals surface area contributed by atoms with Crippen LogP contribution in [-0.2, 0) is 4.74 Å². The molecule has 7 heteroatoms. The highest BCUT2D eigenvalue weighted by molar-refractivity contribution is 5.97. The quantitative estimate of drug-likeness (QED) is 0.679. The fourth-order valence-electron chi connectivity index (χ4n) is 3.76. The number of amides is 1. The van der Waals surface area contributed by atoms with Crippen LogP contribution in [0.5, 0.6) is 11.5 Å². The molecule has 0 bridgehead atoms. The van der Waals surface area contributed by atoms with Gasteiger partial charge in [0.2, 0.25) is 0 Å². The summed E-state index contributed by atoms with van der Waals surface area (Å²) in [4.78, 5) is 16.4. The van der Waals surface area contributed by atoms with Crippen molar-refractivity contribution in [2.75, 3.05) is 66.1 Å². The Morgan fingerprint density at radius 1 is 1.10 bits per heavy atom. The standard InChI is InChI=1S/C23H31N3O4/c1-25(2)18-7-5-17(6-8-18)21(26-11-13-30-14-12-26)16-24-23(27)20-10-9-19(28-3)15-22(20)29-4/h5-10,15,21H,11-14,16H2,1-4H3,(H,24,27)/p+1/t21-/m0/s1. The molecule has 0 unspecified atom stereocenters. The molecular formula is C23H32N3O4+. The molecule has 0 aromatic heterocycles. The molecule has 2 aromatic rings. The van der Waals surface area contributed by atoms with Crippen LogP contribution in [0.4, 0.5) is 5.69 Å². The van der Waals surface area contributed by atoms with Crippen LogP contribution in [0.3, 0.4) is 0 Å². The van der Waals surface area contributed by atoms with Crippen LogP contribution < -0.4 is 24.6 Å². The van der Waals surface area contributed by atoms with Crippen molar-refractivity contribution < 1.29 is 23.9 Å². The van der Waals surface area contributed by atoms with Gasteiger partial charge in [-0.3, -0.25) is 4.79 Å². The smallest absolute Gasteiger partial charge is 0.255 e. The Balaban J connectivity index is 1.77. The Labute approximate surface area is 178 Å². The summed E-state index contributed by atoms with van der Waals surface area (Å²) in [5.74, 6) is 0.995. The average Bonchev–Trinajstić information content (AvgIpc) is 2.79. The summed E-state index contributed by atoms with van der Waals surface area (Å²) in [7, 11) is 7.20. The topological polar surface area (TPSA) is 64.5 Å². The molecule has 2 N–H and O–H groups in total. The van der Waals surface area contributed by atoms with Gasteiger partial charge >= 0.3 is 0 Å². The molecule has 1 amide bonds. The zero-order valence-corrected chi connectivity index (χ0v) is 18.2. The van der Waals surface area contributed by atoms with Gasteiger partial charge in [-0.25, -0.2) is 0 Å². The first-order valence-electron chi connectivity index (χ1n) is 10.2. The van der Waals surface area contributed by atoms with Gasteiger partial charge in [0.1, 0.15) is 30.6 Å². The van der Waals surface area contributed by atoms with E-state index in [1.54, 1.807) is 32.4 Å². The van der Waals surface area contributed by atoms with E-state index in [4.69, 9.17) is 14.2 Å². The third-order valence-corrected chi connectivity index (χ3v) is 5.56. The fraction of sp³-hybridized carbons (Fsp3) is 0.435. The number of rotatable bonds is 8. The summed E-state index contributed by atoms with van der Waals surface area (Å²) < 4.78 is 16.1. The zero-order chi connectivity index (χ0) is 21.5. The van der Waals surface area contributed by atoms with E-state index >= 15 is 0 Å². The van der Waals surface area contributed by atoms with Crippen LogP contribution in [0.2, 0.25) is 0 Å². The van der Waals surface area contributed by atoms with Crippen LogP contribution in [0.1, 0.15) is 22.0 Å². The van der Waals surface area contributed by atoms with Gasteiger partial charge in [0.05, 0.1) is 39.5 Å². The summed E-state index contributed by atoms with van der Waals surface area (Å²) in [5, 5.41) is 3.11. The molecule has 0 saturated carbocycles. The SMILES string of the molecule is COc1ccc(C(=O)NC[C@@H](c2ccc(N(C)C)cc2)[NH+]2CCOCC2)c(OC)c1. The van der Waals surface area contributed by atoms with Crippen molar-refractivity contribution in [1.29, 1.82) is 0 Å². The van der Waals surface area contributed by atoms with Crippen LogP contribution in [0.25, 0.3) is 0 Å². The summed E-state index contributed by atoms with van der Waals surface area (Å²) in [6.07, 6.45) is 0. The number of anilines is 1. The summed E-state index contributed by atoms with van der Waals surface area (Å²) in [5.41, 5.74) is 2.86. The number of nitrogens with zero attached hydrogens (tertiary/aromatic N) is 1. The molecule has 1 saturated heterocycles. The van der Waals surface area contributed by atoms with Crippen molar-refractivity contribution >= 4 is 11.6 Å². The lowest BCUT2D eigenvalue weighted by atomic mass is 10.0. The van der Waals surface area contributed by atoms with Gasteiger partial charge in [-0.2, -0.15) is 0 Å². The van der Waals surface area contributed by atoms with Crippen molar-refractivity contribution in [1.82, 2.24) is 5.32 Å². The first-order valence-corrected chi connectivity index (χ1v) is 10.2. The summed E-state index contributed by atoms with van der Waals surface area (Å²) in [6, 6.07) is 13.9. The molecule has 1 heterocycles. The number of methoxy groups -OCH3 is 2. The second kappa shape index (κ2) is 10.3. The first kappa shape index (κ1) is 21.9. The van der Waals surface area contributed by atoms with E-state index in [9.17, 15) is 4.79 Å². The third-order valence-electron chi connectivity index (χ3n) is 5.56. The average molecular weight is 415 g/mol. The maximum Gasteiger partial charge on any atom is 0.255 e. The van der Waals surface area contributed by atoms with Gasteiger partial charge in [0.15, 0.2) is 0 Å². The molecule has 2 aromatic carbocycles. The molecule has 1 fully saturated rings. The first-order chi connectivity index (χ1) is 14.5. The molecule has 1 aliphatic heterocycles. The molecule has 0 spiro atoms. The second-order valence-corrected chi connectivity index (χ2v) is 7.59. The molecule has 30 heavy (non-hydrogen) atoms. The Bertz CT molecular complexity index is 833. The van der Waals surface area contributed by atoms with E-state index in [0.717, 1.165) is 32.0 Å². The fourth-order valence-corrected chi connectivity index (χ4v) is 3.76. The lowest BCUT2D eigenvalue weighted by Gasteiger charge is -2.32. The number of morpholine rings is 1. The highest BCUT2D eigenvalue weighted by atomic mass is 16.5. The Kier molecular flexibility index (Phi) is 7.54. The van der Waals surface area contributed by atoms with Gasteiger partial charge in [-0.1, -0.05) is 12.1 Å². The van der Waals surface area contributed by atoms with Crippen LogP contribution in [0.15, 0.2) is 42.5 Å². The molecule has 162 valence electrons. The Hall–Kier alpha value is -2.77. The van der Waals surface area contributed by atoms with E-state index in [1.807, 2.05) is 14.1 Å². The maximum absolute atomic E-state index is 12.9. The number of ether oxygens (including phenoxy) is 3. The number of hydrogen-bond donors (Lipinski definition) is 2. The Morgan fingerprint density at radius 2 is 1.80 bits per heavy atom. The van der Waals surface area contributed by atoms with Crippen molar-refractivity contribution in [2.45, 2.75) is 6.04 Å². The van der Waals surface area contributed by atoms with E-state index in [0.29, 0.717) is 23.6 Å². The van der Waals surface area contributed by atoms with Gasteiger partial charge in [0, 0.05) is 31.4 Å². The predicted molar refractivity (Wildman–Crippen MR) is 117 cm³/mol. The van der Waals surface area contributed by atoms with Gasteiger partial charge in [-0.05, 0) is 24.3 Å².